The van der Waals surface area contributed by atoms with Gasteiger partial charge in [0.15, 0.2) is 0 Å². The molecule has 0 aromatic heterocycles. The Balaban J connectivity index is 1.44. The highest BCUT2D eigenvalue weighted by atomic mass is 35.5. The molecule has 2 aromatic rings. The van der Waals surface area contributed by atoms with Gasteiger partial charge in [0.05, 0.1) is 4.90 Å². The number of carbonyl (C=O) groups is 1. The molecule has 0 aliphatic carbocycles. The Hall–Kier alpha value is -2.00. The molecule has 0 bridgehead atoms. The molecule has 33 heavy (non-hydrogen) atoms. The van der Waals surface area contributed by atoms with Crippen molar-refractivity contribution < 1.29 is 17.6 Å². The molecule has 178 valence electrons. The quantitative estimate of drug-likeness (QED) is 0.633. The molecule has 2 fully saturated rings. The number of carbonyl (C=O) groups excluding carboxylic acids is 1. The highest BCUT2D eigenvalue weighted by Gasteiger charge is 2.29. The second-order valence-corrected chi connectivity index (χ2v) is 11.1. The predicted molar refractivity (Wildman–Crippen MR) is 126 cm³/mol. The van der Waals surface area contributed by atoms with Gasteiger partial charge in [0.2, 0.25) is 10.0 Å². The SMILES string of the molecule is Cc1ccc(S(=O)(=O)N2CCCCC2)cc1C(=O)N1CCN(Cc2ccc(F)cc2Cl)CC1. The van der Waals surface area contributed by atoms with E-state index in [1.54, 1.807) is 23.1 Å². The fourth-order valence-corrected chi connectivity index (χ4v) is 6.19. The van der Waals surface area contributed by atoms with E-state index < -0.39 is 10.0 Å². The highest BCUT2D eigenvalue weighted by molar-refractivity contribution is 7.89. The molecule has 2 aliphatic heterocycles. The van der Waals surface area contributed by atoms with E-state index in [4.69, 9.17) is 11.6 Å². The number of hydrogen-bond donors (Lipinski definition) is 0. The lowest BCUT2D eigenvalue weighted by atomic mass is 10.1. The largest absolute Gasteiger partial charge is 0.336 e. The number of benzene rings is 2. The summed E-state index contributed by atoms with van der Waals surface area (Å²) < 4.78 is 41.0. The van der Waals surface area contributed by atoms with E-state index in [0.29, 0.717) is 56.4 Å². The Kier molecular flexibility index (Phi) is 7.38. The number of piperidine rings is 1. The number of aryl methyl sites for hydroxylation is 1. The maximum absolute atomic E-state index is 13.3. The van der Waals surface area contributed by atoms with Crippen LogP contribution in [0.1, 0.15) is 40.7 Å². The minimum Gasteiger partial charge on any atom is -0.336 e. The number of rotatable bonds is 5. The van der Waals surface area contributed by atoms with Crippen LogP contribution in [0.4, 0.5) is 4.39 Å². The Morgan fingerprint density at radius 1 is 0.970 bits per heavy atom. The number of piperazine rings is 1. The van der Waals surface area contributed by atoms with Gasteiger partial charge >= 0.3 is 0 Å². The van der Waals surface area contributed by atoms with Gasteiger partial charge in [-0.15, -0.1) is 0 Å². The lowest BCUT2D eigenvalue weighted by Crippen LogP contribution is -2.48. The van der Waals surface area contributed by atoms with E-state index >= 15 is 0 Å². The number of amides is 1. The molecule has 9 heteroatoms. The Morgan fingerprint density at radius 2 is 1.67 bits per heavy atom. The summed E-state index contributed by atoms with van der Waals surface area (Å²) in [6.07, 6.45) is 2.78. The van der Waals surface area contributed by atoms with E-state index in [1.165, 1.54) is 22.5 Å². The standard InChI is InChI=1S/C24H29ClFN3O3S/c1-18-5-8-21(33(31,32)29-9-3-2-4-10-29)16-22(18)24(30)28-13-11-27(12-14-28)17-19-6-7-20(26)15-23(19)25/h5-8,15-16H,2-4,9-14,17H2,1H3. The third kappa shape index (κ3) is 5.40. The lowest BCUT2D eigenvalue weighted by Gasteiger charge is -2.35. The molecule has 4 rings (SSSR count). The van der Waals surface area contributed by atoms with E-state index in [1.807, 2.05) is 6.92 Å². The zero-order valence-corrected chi connectivity index (χ0v) is 20.3. The molecule has 0 saturated carbocycles. The number of sulfonamides is 1. The van der Waals surface area contributed by atoms with Gasteiger partial charge in [-0.1, -0.05) is 30.2 Å². The van der Waals surface area contributed by atoms with E-state index in [0.717, 1.165) is 30.4 Å². The van der Waals surface area contributed by atoms with Gasteiger partial charge in [-0.25, -0.2) is 12.8 Å². The second kappa shape index (κ2) is 10.1. The van der Waals surface area contributed by atoms with Crippen molar-refractivity contribution >= 4 is 27.5 Å². The molecule has 0 N–H and O–H groups in total. The van der Waals surface area contributed by atoms with Crippen molar-refractivity contribution in [1.29, 1.82) is 0 Å². The van der Waals surface area contributed by atoms with E-state index in [9.17, 15) is 17.6 Å². The molecule has 2 aromatic carbocycles. The van der Waals surface area contributed by atoms with Crippen LogP contribution in [0.5, 0.6) is 0 Å². The molecular formula is C24H29ClFN3O3S. The van der Waals surface area contributed by atoms with Gasteiger partial charge in [0.25, 0.3) is 5.91 Å². The molecule has 6 nitrogen and oxygen atoms in total. The summed E-state index contributed by atoms with van der Waals surface area (Å²) >= 11 is 6.15. The van der Waals surface area contributed by atoms with Crippen molar-refractivity contribution in [3.05, 3.63) is 63.9 Å². The Morgan fingerprint density at radius 3 is 2.33 bits per heavy atom. The average Bonchev–Trinajstić information content (AvgIpc) is 2.82. The summed E-state index contributed by atoms with van der Waals surface area (Å²) in [5.41, 5.74) is 2.05. The van der Waals surface area contributed by atoms with Crippen molar-refractivity contribution in [2.75, 3.05) is 39.3 Å². The molecule has 2 aliphatic rings. The van der Waals surface area contributed by atoms with Gasteiger partial charge in [-0.05, 0) is 55.2 Å². The van der Waals surface area contributed by atoms with Gasteiger partial charge in [0, 0.05) is 56.4 Å². The monoisotopic (exact) mass is 493 g/mol. The Bertz CT molecular complexity index is 1130. The van der Waals surface area contributed by atoms with Crippen molar-refractivity contribution in [2.45, 2.75) is 37.6 Å². The highest BCUT2D eigenvalue weighted by Crippen LogP contribution is 2.24. The zero-order chi connectivity index (χ0) is 23.6. The predicted octanol–water partition coefficient (Wildman–Crippen LogP) is 3.92. The van der Waals surface area contributed by atoms with E-state index in [2.05, 4.69) is 4.90 Å². The Labute approximate surface area is 200 Å². The molecule has 0 unspecified atom stereocenters. The summed E-state index contributed by atoms with van der Waals surface area (Å²) in [5, 5.41) is 0.399. The second-order valence-electron chi connectivity index (χ2n) is 8.75. The van der Waals surface area contributed by atoms with Crippen LogP contribution in [-0.2, 0) is 16.6 Å². The minimum atomic E-state index is -3.60. The average molecular weight is 494 g/mol. The fourth-order valence-electron chi connectivity index (χ4n) is 4.42. The van der Waals surface area contributed by atoms with Crippen molar-refractivity contribution in [3.63, 3.8) is 0 Å². The maximum Gasteiger partial charge on any atom is 0.254 e. The third-order valence-corrected chi connectivity index (χ3v) is 8.71. The van der Waals surface area contributed by atoms with Crippen LogP contribution >= 0.6 is 11.6 Å². The summed E-state index contributed by atoms with van der Waals surface area (Å²) in [5.74, 6) is -0.512. The third-order valence-electron chi connectivity index (χ3n) is 6.46. The van der Waals surface area contributed by atoms with Crippen molar-refractivity contribution in [3.8, 4) is 0 Å². The van der Waals surface area contributed by atoms with Crippen molar-refractivity contribution in [1.82, 2.24) is 14.1 Å². The first-order valence-electron chi connectivity index (χ1n) is 11.3. The normalized spacial score (nSPS) is 18.5. The zero-order valence-electron chi connectivity index (χ0n) is 18.8. The van der Waals surface area contributed by atoms with Gasteiger partial charge in [-0.3, -0.25) is 9.69 Å². The number of nitrogens with zero attached hydrogens (tertiary/aromatic N) is 3. The first kappa shape index (κ1) is 24.1. The van der Waals surface area contributed by atoms with Crippen LogP contribution < -0.4 is 0 Å². The first-order valence-corrected chi connectivity index (χ1v) is 13.1. The smallest absolute Gasteiger partial charge is 0.254 e. The molecule has 0 spiro atoms. The minimum absolute atomic E-state index is 0.150. The van der Waals surface area contributed by atoms with Crippen LogP contribution in [0, 0.1) is 12.7 Å². The van der Waals surface area contributed by atoms with Crippen LogP contribution in [0.3, 0.4) is 0 Å². The molecule has 0 radical (unpaired) electrons. The molecule has 1 amide bonds. The van der Waals surface area contributed by atoms with Crippen LogP contribution in [-0.4, -0.2) is 67.7 Å². The number of hydrogen-bond acceptors (Lipinski definition) is 4. The summed E-state index contributed by atoms with van der Waals surface area (Å²) in [6, 6.07) is 9.25. The fraction of sp³-hybridized carbons (Fsp3) is 0.458. The molecule has 2 saturated heterocycles. The topological polar surface area (TPSA) is 60.9 Å². The first-order chi connectivity index (χ1) is 15.8. The van der Waals surface area contributed by atoms with Crippen LogP contribution in [0.2, 0.25) is 5.02 Å². The molecular weight excluding hydrogens is 465 g/mol. The van der Waals surface area contributed by atoms with Gasteiger partial charge < -0.3 is 4.90 Å². The van der Waals surface area contributed by atoms with Gasteiger partial charge in [0.1, 0.15) is 5.82 Å². The van der Waals surface area contributed by atoms with Crippen LogP contribution in [0.15, 0.2) is 41.3 Å². The van der Waals surface area contributed by atoms with E-state index in [-0.39, 0.29) is 16.6 Å². The van der Waals surface area contributed by atoms with Crippen molar-refractivity contribution in [2.24, 2.45) is 0 Å². The van der Waals surface area contributed by atoms with Crippen LogP contribution in [0.25, 0.3) is 0 Å². The summed E-state index contributed by atoms with van der Waals surface area (Å²) in [6.45, 7) is 5.84. The maximum atomic E-state index is 13.3. The van der Waals surface area contributed by atoms with Gasteiger partial charge in [-0.2, -0.15) is 4.31 Å². The lowest BCUT2D eigenvalue weighted by molar-refractivity contribution is 0.0627. The number of halogens is 2. The molecule has 0 atom stereocenters. The molecule has 2 heterocycles. The summed E-state index contributed by atoms with van der Waals surface area (Å²) in [7, 11) is -3.60. The summed E-state index contributed by atoms with van der Waals surface area (Å²) in [4.78, 5) is 17.4.